The van der Waals surface area contributed by atoms with E-state index in [1.807, 2.05) is 34.6 Å². The Morgan fingerprint density at radius 1 is 1.35 bits per heavy atom. The molecule has 1 amide bonds. The van der Waals surface area contributed by atoms with Crippen LogP contribution in [-0.4, -0.2) is 16.9 Å². The summed E-state index contributed by atoms with van der Waals surface area (Å²) in [5.74, 6) is 5.44. The van der Waals surface area contributed by atoms with Crippen molar-refractivity contribution < 1.29 is 4.79 Å². The highest BCUT2D eigenvalue weighted by Crippen LogP contribution is 2.10. The van der Waals surface area contributed by atoms with Gasteiger partial charge in [0.2, 0.25) is 0 Å². The van der Waals surface area contributed by atoms with Gasteiger partial charge in [-0.15, -0.1) is 0 Å². The number of nitrogens with two attached hydrogens (primary N) is 1. The molecular weight excluding hydrogens is 216 g/mol. The second kappa shape index (κ2) is 7.62. The lowest BCUT2D eigenvalue weighted by molar-refractivity contribution is 0.0953. The maximum absolute atomic E-state index is 11.3. The number of nitrogens with one attached hydrogen (secondary N) is 2. The fourth-order valence-corrected chi connectivity index (χ4v) is 1.25. The van der Waals surface area contributed by atoms with Crippen LogP contribution in [0.4, 0.5) is 5.82 Å². The van der Waals surface area contributed by atoms with Gasteiger partial charge in [-0.1, -0.05) is 13.8 Å². The molecule has 0 aromatic carbocycles. The number of aryl methyl sites for hydroxylation is 1. The Morgan fingerprint density at radius 2 is 1.94 bits per heavy atom. The zero-order valence-electron chi connectivity index (χ0n) is 11.2. The summed E-state index contributed by atoms with van der Waals surface area (Å²) in [5, 5.41) is 3.13. The zero-order valence-corrected chi connectivity index (χ0v) is 11.2. The summed E-state index contributed by atoms with van der Waals surface area (Å²) in [5.41, 5.74) is 3.38. The van der Waals surface area contributed by atoms with E-state index in [4.69, 9.17) is 5.84 Å². The SMILES string of the molecule is CC.Cc1cc(C(=O)NN)cc(NC(C)C)n1. The quantitative estimate of drug-likeness (QED) is 0.426. The van der Waals surface area contributed by atoms with Crippen molar-refractivity contribution >= 4 is 11.7 Å². The van der Waals surface area contributed by atoms with Crippen LogP contribution in [-0.2, 0) is 0 Å². The van der Waals surface area contributed by atoms with Gasteiger partial charge in [0.1, 0.15) is 5.82 Å². The van der Waals surface area contributed by atoms with Gasteiger partial charge in [-0.05, 0) is 32.9 Å². The molecule has 0 aliphatic heterocycles. The molecule has 0 fully saturated rings. The summed E-state index contributed by atoms with van der Waals surface area (Å²) in [6.07, 6.45) is 0. The van der Waals surface area contributed by atoms with Gasteiger partial charge in [-0.25, -0.2) is 10.8 Å². The van der Waals surface area contributed by atoms with Crippen molar-refractivity contribution in [2.45, 2.75) is 40.7 Å². The summed E-state index contributed by atoms with van der Waals surface area (Å²) < 4.78 is 0. The minimum absolute atomic E-state index is 0.271. The molecular formula is C12H22N4O. The smallest absolute Gasteiger partial charge is 0.265 e. The molecule has 1 aromatic rings. The molecule has 0 aliphatic rings. The van der Waals surface area contributed by atoms with E-state index in [1.165, 1.54) is 0 Å². The van der Waals surface area contributed by atoms with Crippen molar-refractivity contribution in [3.63, 3.8) is 0 Å². The van der Waals surface area contributed by atoms with Gasteiger partial charge in [-0.3, -0.25) is 10.2 Å². The molecule has 5 heteroatoms. The van der Waals surface area contributed by atoms with E-state index in [9.17, 15) is 4.79 Å². The predicted octanol–water partition coefficient (Wildman–Crippen LogP) is 1.84. The second-order valence-corrected chi connectivity index (χ2v) is 3.65. The molecule has 4 N–H and O–H groups in total. The molecule has 17 heavy (non-hydrogen) atoms. The molecule has 0 saturated carbocycles. The lowest BCUT2D eigenvalue weighted by atomic mass is 10.2. The highest BCUT2D eigenvalue weighted by Gasteiger charge is 2.07. The summed E-state index contributed by atoms with van der Waals surface area (Å²) in [7, 11) is 0. The fourth-order valence-electron chi connectivity index (χ4n) is 1.25. The molecule has 0 aliphatic carbocycles. The number of nitrogens with zero attached hydrogens (tertiary/aromatic N) is 1. The Balaban J connectivity index is 0.00000121. The number of anilines is 1. The first-order chi connectivity index (χ1) is 8.02. The average molecular weight is 238 g/mol. The van der Waals surface area contributed by atoms with Crippen LogP contribution in [0.2, 0.25) is 0 Å². The van der Waals surface area contributed by atoms with E-state index in [0.29, 0.717) is 11.4 Å². The number of hydrogen-bond donors (Lipinski definition) is 3. The molecule has 0 bridgehead atoms. The molecule has 1 heterocycles. The Bertz CT molecular complexity index is 364. The molecule has 0 atom stereocenters. The van der Waals surface area contributed by atoms with Gasteiger partial charge >= 0.3 is 0 Å². The van der Waals surface area contributed by atoms with E-state index < -0.39 is 0 Å². The Morgan fingerprint density at radius 3 is 2.41 bits per heavy atom. The minimum atomic E-state index is -0.313. The van der Waals surface area contributed by atoms with E-state index in [0.717, 1.165) is 5.69 Å². The van der Waals surface area contributed by atoms with Crippen LogP contribution in [0, 0.1) is 6.92 Å². The Labute approximate surface area is 103 Å². The molecule has 5 nitrogen and oxygen atoms in total. The molecule has 0 radical (unpaired) electrons. The van der Waals surface area contributed by atoms with Crippen LogP contribution in [0.1, 0.15) is 43.7 Å². The van der Waals surface area contributed by atoms with Gasteiger partial charge in [0, 0.05) is 17.3 Å². The molecule has 0 unspecified atom stereocenters. The van der Waals surface area contributed by atoms with Crippen molar-refractivity contribution in [2.75, 3.05) is 5.32 Å². The van der Waals surface area contributed by atoms with E-state index in [2.05, 4.69) is 15.7 Å². The third kappa shape index (κ3) is 5.31. The number of carbonyl (C=O) groups is 1. The van der Waals surface area contributed by atoms with Gasteiger partial charge in [0.15, 0.2) is 0 Å². The zero-order chi connectivity index (χ0) is 13.4. The Kier molecular flexibility index (Phi) is 6.89. The predicted molar refractivity (Wildman–Crippen MR) is 70.7 cm³/mol. The Hall–Kier alpha value is -1.62. The maximum Gasteiger partial charge on any atom is 0.265 e. The summed E-state index contributed by atoms with van der Waals surface area (Å²) in [6, 6.07) is 3.64. The van der Waals surface area contributed by atoms with Crippen LogP contribution < -0.4 is 16.6 Å². The first-order valence-electron chi connectivity index (χ1n) is 5.79. The van der Waals surface area contributed by atoms with Crippen molar-refractivity contribution in [1.29, 1.82) is 0 Å². The maximum atomic E-state index is 11.3. The van der Waals surface area contributed by atoms with Crippen molar-refractivity contribution in [3.8, 4) is 0 Å². The molecule has 1 rings (SSSR count). The lowest BCUT2D eigenvalue weighted by Gasteiger charge is -2.11. The number of pyridine rings is 1. The highest BCUT2D eigenvalue weighted by atomic mass is 16.2. The number of hydrogen-bond acceptors (Lipinski definition) is 4. The first-order valence-corrected chi connectivity index (χ1v) is 5.79. The van der Waals surface area contributed by atoms with E-state index >= 15 is 0 Å². The topological polar surface area (TPSA) is 80.0 Å². The largest absolute Gasteiger partial charge is 0.368 e. The third-order valence-corrected chi connectivity index (χ3v) is 1.78. The normalized spacial score (nSPS) is 9.35. The van der Waals surface area contributed by atoms with Gasteiger partial charge in [0.25, 0.3) is 5.91 Å². The molecule has 0 spiro atoms. The number of nitrogen functional groups attached to an aromatic ring is 1. The number of carbonyl (C=O) groups excluding carboxylic acids is 1. The molecule has 0 saturated heterocycles. The second-order valence-electron chi connectivity index (χ2n) is 3.65. The van der Waals surface area contributed by atoms with Crippen LogP contribution in [0.5, 0.6) is 0 Å². The van der Waals surface area contributed by atoms with Crippen LogP contribution in [0.3, 0.4) is 0 Å². The lowest BCUT2D eigenvalue weighted by Crippen LogP contribution is -2.30. The summed E-state index contributed by atoms with van der Waals surface area (Å²) in [6.45, 7) is 9.85. The first kappa shape index (κ1) is 15.4. The molecule has 1 aromatic heterocycles. The van der Waals surface area contributed by atoms with Gasteiger partial charge < -0.3 is 5.32 Å². The number of hydrazine groups is 1. The van der Waals surface area contributed by atoms with Crippen LogP contribution in [0.25, 0.3) is 0 Å². The van der Waals surface area contributed by atoms with Crippen molar-refractivity contribution in [3.05, 3.63) is 23.4 Å². The van der Waals surface area contributed by atoms with Gasteiger partial charge in [-0.2, -0.15) is 0 Å². The van der Waals surface area contributed by atoms with Crippen molar-refractivity contribution in [1.82, 2.24) is 10.4 Å². The number of amides is 1. The number of rotatable bonds is 3. The van der Waals surface area contributed by atoms with Crippen LogP contribution in [0.15, 0.2) is 12.1 Å². The third-order valence-electron chi connectivity index (χ3n) is 1.78. The standard InChI is InChI=1S/C10H16N4O.C2H6/c1-6(2)12-9-5-8(10(15)14-11)4-7(3)13-9;1-2/h4-6H,11H2,1-3H3,(H,12,13)(H,14,15);1-2H3. The summed E-state index contributed by atoms with van der Waals surface area (Å²) in [4.78, 5) is 15.6. The van der Waals surface area contributed by atoms with Crippen molar-refractivity contribution in [2.24, 2.45) is 5.84 Å². The number of aromatic nitrogens is 1. The molecule has 96 valence electrons. The van der Waals surface area contributed by atoms with Crippen LogP contribution >= 0.6 is 0 Å². The average Bonchev–Trinajstić information content (AvgIpc) is 2.29. The highest BCUT2D eigenvalue weighted by molar-refractivity contribution is 5.94. The minimum Gasteiger partial charge on any atom is -0.368 e. The summed E-state index contributed by atoms with van der Waals surface area (Å²) >= 11 is 0. The van der Waals surface area contributed by atoms with Gasteiger partial charge in [0.05, 0.1) is 0 Å². The van der Waals surface area contributed by atoms with E-state index in [1.54, 1.807) is 12.1 Å². The van der Waals surface area contributed by atoms with E-state index in [-0.39, 0.29) is 11.9 Å². The monoisotopic (exact) mass is 238 g/mol. The fraction of sp³-hybridized carbons (Fsp3) is 0.500.